The molecule has 0 radical (unpaired) electrons. The van der Waals surface area contributed by atoms with Gasteiger partial charge >= 0.3 is 6.01 Å². The highest BCUT2D eigenvalue weighted by Crippen LogP contribution is 2.24. The first-order valence-electron chi connectivity index (χ1n) is 5.53. The molecule has 0 spiro atoms. The molecule has 0 aromatic carbocycles. The SMILES string of the molecule is O=C(Nc1nnc(-c2ccc(Br)o2)o1)c1ccncc1. The van der Waals surface area contributed by atoms with Crippen molar-refractivity contribution in [3.8, 4) is 11.7 Å². The van der Waals surface area contributed by atoms with E-state index < -0.39 is 0 Å². The van der Waals surface area contributed by atoms with Gasteiger partial charge in [0.2, 0.25) is 0 Å². The van der Waals surface area contributed by atoms with Gasteiger partial charge in [-0.15, -0.1) is 5.10 Å². The largest absolute Gasteiger partial charge is 0.444 e. The molecule has 0 saturated heterocycles. The molecule has 7 nitrogen and oxygen atoms in total. The fourth-order valence-electron chi connectivity index (χ4n) is 1.48. The van der Waals surface area contributed by atoms with Crippen LogP contribution in [0.5, 0.6) is 0 Å². The van der Waals surface area contributed by atoms with Crippen LogP contribution in [0, 0.1) is 0 Å². The molecular weight excluding hydrogens is 328 g/mol. The maximum absolute atomic E-state index is 11.9. The van der Waals surface area contributed by atoms with E-state index in [9.17, 15) is 4.79 Å². The number of hydrogen-bond acceptors (Lipinski definition) is 6. The Labute approximate surface area is 121 Å². The van der Waals surface area contributed by atoms with Crippen LogP contribution < -0.4 is 5.32 Å². The number of carbonyl (C=O) groups is 1. The molecule has 100 valence electrons. The summed E-state index contributed by atoms with van der Waals surface area (Å²) in [5.41, 5.74) is 0.445. The monoisotopic (exact) mass is 334 g/mol. The average molecular weight is 335 g/mol. The molecule has 8 heteroatoms. The Kier molecular flexibility index (Phi) is 3.30. The van der Waals surface area contributed by atoms with E-state index >= 15 is 0 Å². The molecule has 3 aromatic heterocycles. The minimum atomic E-state index is -0.358. The number of nitrogens with zero attached hydrogens (tertiary/aromatic N) is 3. The Balaban J connectivity index is 1.76. The Morgan fingerprint density at radius 3 is 2.60 bits per heavy atom. The van der Waals surface area contributed by atoms with Gasteiger partial charge in [-0.3, -0.25) is 15.1 Å². The molecule has 3 aromatic rings. The van der Waals surface area contributed by atoms with Gasteiger partial charge in [-0.1, -0.05) is 5.10 Å². The number of hydrogen-bond donors (Lipinski definition) is 1. The molecule has 20 heavy (non-hydrogen) atoms. The van der Waals surface area contributed by atoms with Gasteiger partial charge in [0.15, 0.2) is 10.4 Å². The topological polar surface area (TPSA) is 94.1 Å². The van der Waals surface area contributed by atoms with Crippen LogP contribution >= 0.6 is 15.9 Å². The minimum Gasteiger partial charge on any atom is -0.444 e. The van der Waals surface area contributed by atoms with E-state index in [0.29, 0.717) is 16.0 Å². The van der Waals surface area contributed by atoms with Crippen molar-refractivity contribution < 1.29 is 13.6 Å². The molecule has 1 amide bonds. The zero-order valence-electron chi connectivity index (χ0n) is 9.91. The van der Waals surface area contributed by atoms with Gasteiger partial charge < -0.3 is 8.83 Å². The summed E-state index contributed by atoms with van der Waals surface area (Å²) in [5.74, 6) is 0.234. The summed E-state index contributed by atoms with van der Waals surface area (Å²) in [6.45, 7) is 0. The maximum Gasteiger partial charge on any atom is 0.322 e. The molecular formula is C12H7BrN4O3. The van der Waals surface area contributed by atoms with Gasteiger partial charge in [0, 0.05) is 18.0 Å². The third kappa shape index (κ3) is 2.59. The average Bonchev–Trinajstić information content (AvgIpc) is 3.09. The standard InChI is InChI=1S/C12H7BrN4O3/c13-9-2-1-8(19-9)11-16-17-12(20-11)15-10(18)7-3-5-14-6-4-7/h1-6H,(H,15,17,18). The van der Waals surface area contributed by atoms with E-state index in [4.69, 9.17) is 8.83 Å². The summed E-state index contributed by atoms with van der Waals surface area (Å²) in [5, 5.41) is 10.0. The van der Waals surface area contributed by atoms with Crippen LogP contribution in [-0.4, -0.2) is 21.1 Å². The highest BCUT2D eigenvalue weighted by atomic mass is 79.9. The minimum absolute atomic E-state index is 0.00525. The van der Waals surface area contributed by atoms with Crippen molar-refractivity contribution in [1.29, 1.82) is 0 Å². The molecule has 0 atom stereocenters. The number of amides is 1. The molecule has 0 aliphatic rings. The maximum atomic E-state index is 11.9. The van der Waals surface area contributed by atoms with E-state index in [1.54, 1.807) is 24.3 Å². The summed E-state index contributed by atoms with van der Waals surface area (Å²) < 4.78 is 11.1. The van der Waals surface area contributed by atoms with Gasteiger partial charge in [-0.05, 0) is 40.2 Å². The predicted octanol–water partition coefficient (Wildman–Crippen LogP) is 2.74. The van der Waals surface area contributed by atoms with Gasteiger partial charge in [-0.25, -0.2) is 0 Å². The number of pyridine rings is 1. The van der Waals surface area contributed by atoms with Crippen molar-refractivity contribution in [3.63, 3.8) is 0 Å². The molecule has 0 bridgehead atoms. The molecule has 1 N–H and O–H groups in total. The van der Waals surface area contributed by atoms with Crippen molar-refractivity contribution in [3.05, 3.63) is 46.9 Å². The molecule has 3 rings (SSSR count). The number of carbonyl (C=O) groups excluding carboxylic acids is 1. The van der Waals surface area contributed by atoms with Crippen molar-refractivity contribution in [2.24, 2.45) is 0 Å². The van der Waals surface area contributed by atoms with Crippen molar-refractivity contribution in [2.75, 3.05) is 5.32 Å². The fraction of sp³-hybridized carbons (Fsp3) is 0. The van der Waals surface area contributed by atoms with E-state index in [-0.39, 0.29) is 17.8 Å². The summed E-state index contributed by atoms with van der Waals surface area (Å²) in [4.78, 5) is 15.7. The number of halogens is 1. The number of rotatable bonds is 3. The molecule has 0 unspecified atom stereocenters. The van der Waals surface area contributed by atoms with Crippen LogP contribution in [-0.2, 0) is 0 Å². The Hall–Kier alpha value is -2.48. The lowest BCUT2D eigenvalue weighted by atomic mass is 10.2. The third-order valence-corrected chi connectivity index (χ3v) is 2.80. The zero-order chi connectivity index (χ0) is 13.9. The van der Waals surface area contributed by atoms with E-state index in [1.807, 2.05) is 0 Å². The first-order valence-corrected chi connectivity index (χ1v) is 6.32. The molecule has 0 aliphatic heterocycles. The summed E-state index contributed by atoms with van der Waals surface area (Å²) in [6.07, 6.45) is 3.04. The van der Waals surface area contributed by atoms with Crippen LogP contribution in [0.3, 0.4) is 0 Å². The Bertz CT molecular complexity index is 738. The number of nitrogens with one attached hydrogen (secondary N) is 1. The lowest BCUT2D eigenvalue weighted by Crippen LogP contribution is -2.11. The Morgan fingerprint density at radius 1 is 1.10 bits per heavy atom. The van der Waals surface area contributed by atoms with Crippen LogP contribution in [0.15, 0.2) is 50.2 Å². The van der Waals surface area contributed by atoms with Crippen LogP contribution in [0.2, 0.25) is 0 Å². The first kappa shape index (κ1) is 12.5. The first-order chi connectivity index (χ1) is 9.72. The van der Waals surface area contributed by atoms with Crippen molar-refractivity contribution in [1.82, 2.24) is 15.2 Å². The van der Waals surface area contributed by atoms with Crippen LogP contribution in [0.1, 0.15) is 10.4 Å². The summed E-state index contributed by atoms with van der Waals surface area (Å²) in [7, 11) is 0. The van der Waals surface area contributed by atoms with E-state index in [1.165, 1.54) is 12.4 Å². The highest BCUT2D eigenvalue weighted by Gasteiger charge is 2.14. The smallest absolute Gasteiger partial charge is 0.322 e. The van der Waals surface area contributed by atoms with Gasteiger partial charge in [-0.2, -0.15) is 0 Å². The Morgan fingerprint density at radius 2 is 1.90 bits per heavy atom. The van der Waals surface area contributed by atoms with Gasteiger partial charge in [0.25, 0.3) is 11.8 Å². The normalized spacial score (nSPS) is 10.4. The third-order valence-electron chi connectivity index (χ3n) is 2.37. The second-order valence-corrected chi connectivity index (χ2v) is 4.49. The lowest BCUT2D eigenvalue weighted by molar-refractivity contribution is 0.102. The van der Waals surface area contributed by atoms with Crippen molar-refractivity contribution in [2.45, 2.75) is 0 Å². The second kappa shape index (κ2) is 5.25. The van der Waals surface area contributed by atoms with Crippen LogP contribution in [0.4, 0.5) is 6.01 Å². The van der Waals surface area contributed by atoms with Crippen molar-refractivity contribution >= 4 is 27.9 Å². The molecule has 0 saturated carbocycles. The lowest BCUT2D eigenvalue weighted by Gasteiger charge is -1.98. The summed E-state index contributed by atoms with van der Waals surface area (Å²) >= 11 is 3.17. The van der Waals surface area contributed by atoms with E-state index in [2.05, 4.69) is 36.4 Å². The number of anilines is 1. The molecule has 0 aliphatic carbocycles. The number of furan rings is 1. The highest BCUT2D eigenvalue weighted by molar-refractivity contribution is 9.10. The van der Waals surface area contributed by atoms with Gasteiger partial charge in [0.1, 0.15) is 0 Å². The fourth-order valence-corrected chi connectivity index (χ4v) is 1.78. The predicted molar refractivity (Wildman–Crippen MR) is 71.9 cm³/mol. The second-order valence-electron chi connectivity index (χ2n) is 3.71. The quantitative estimate of drug-likeness (QED) is 0.791. The number of aromatic nitrogens is 3. The zero-order valence-corrected chi connectivity index (χ0v) is 11.5. The molecule has 3 heterocycles. The summed E-state index contributed by atoms with van der Waals surface area (Å²) in [6, 6.07) is 6.53. The van der Waals surface area contributed by atoms with E-state index in [0.717, 1.165) is 0 Å². The van der Waals surface area contributed by atoms with Gasteiger partial charge in [0.05, 0.1) is 0 Å². The molecule has 0 fully saturated rings. The van der Waals surface area contributed by atoms with Crippen LogP contribution in [0.25, 0.3) is 11.7 Å².